The summed E-state index contributed by atoms with van der Waals surface area (Å²) in [6.07, 6.45) is -1.73. The zero-order chi connectivity index (χ0) is 25.3. The molecule has 184 valence electrons. The lowest BCUT2D eigenvalue weighted by Gasteiger charge is -2.28. The molecule has 1 saturated heterocycles. The predicted octanol–water partition coefficient (Wildman–Crippen LogP) is -3.43. The molecule has 0 saturated carbocycles. The Morgan fingerprint density at radius 2 is 1.45 bits per heavy atom. The standard InChI is InChI=1S/C18H27N5O10/c19-8(3-4-12(20)24)15(29)21-9(6-13(25)26)16(30)22-10(7-14(27)28)17(31)23-5-1-2-11(23)18(32)33/h8-11H,1-7,19H2,(H2,20,24)(H,21,29)(H,22,30)(H,25,26)(H,27,28)(H,32,33). The molecule has 9 N–H and O–H groups in total. The van der Waals surface area contributed by atoms with E-state index in [2.05, 4.69) is 10.6 Å². The van der Waals surface area contributed by atoms with Crippen LogP contribution in [-0.2, 0) is 33.6 Å². The second-order valence-corrected chi connectivity index (χ2v) is 7.46. The second-order valence-electron chi connectivity index (χ2n) is 7.46. The van der Waals surface area contributed by atoms with Gasteiger partial charge in [0.25, 0.3) is 0 Å². The molecule has 0 aromatic heterocycles. The number of carboxylic acids is 3. The number of hydrogen-bond acceptors (Lipinski definition) is 8. The first kappa shape index (κ1) is 27.3. The van der Waals surface area contributed by atoms with Crippen LogP contribution in [0.15, 0.2) is 0 Å². The molecule has 33 heavy (non-hydrogen) atoms. The van der Waals surface area contributed by atoms with Crippen molar-refractivity contribution in [1.29, 1.82) is 0 Å². The summed E-state index contributed by atoms with van der Waals surface area (Å²) in [4.78, 5) is 83.1. The quantitative estimate of drug-likeness (QED) is 0.138. The van der Waals surface area contributed by atoms with Crippen LogP contribution in [0.3, 0.4) is 0 Å². The van der Waals surface area contributed by atoms with Gasteiger partial charge in [0.15, 0.2) is 0 Å². The number of rotatable bonds is 13. The number of nitrogens with zero attached hydrogens (tertiary/aromatic N) is 1. The molecule has 1 aliphatic heterocycles. The third kappa shape index (κ3) is 8.72. The highest BCUT2D eigenvalue weighted by Crippen LogP contribution is 2.19. The van der Waals surface area contributed by atoms with Crippen LogP contribution in [0.2, 0.25) is 0 Å². The van der Waals surface area contributed by atoms with Crippen molar-refractivity contribution in [1.82, 2.24) is 15.5 Å². The monoisotopic (exact) mass is 473 g/mol. The minimum Gasteiger partial charge on any atom is -0.481 e. The van der Waals surface area contributed by atoms with Gasteiger partial charge >= 0.3 is 17.9 Å². The number of carbonyl (C=O) groups excluding carboxylic acids is 4. The maximum atomic E-state index is 12.8. The molecule has 15 nitrogen and oxygen atoms in total. The van der Waals surface area contributed by atoms with Crippen LogP contribution in [0.1, 0.15) is 38.5 Å². The molecule has 4 amide bonds. The predicted molar refractivity (Wildman–Crippen MR) is 107 cm³/mol. The van der Waals surface area contributed by atoms with Crippen molar-refractivity contribution in [2.24, 2.45) is 11.5 Å². The van der Waals surface area contributed by atoms with E-state index in [1.807, 2.05) is 0 Å². The number of primary amides is 1. The molecular weight excluding hydrogens is 446 g/mol. The van der Waals surface area contributed by atoms with Gasteiger partial charge in [-0.1, -0.05) is 0 Å². The van der Waals surface area contributed by atoms with Crippen molar-refractivity contribution < 1.29 is 48.9 Å². The summed E-state index contributed by atoms with van der Waals surface area (Å²) in [6, 6.07) is -5.92. The van der Waals surface area contributed by atoms with Gasteiger partial charge in [0, 0.05) is 13.0 Å². The van der Waals surface area contributed by atoms with Gasteiger partial charge in [0.05, 0.1) is 18.9 Å². The molecule has 0 spiro atoms. The Morgan fingerprint density at radius 1 is 0.909 bits per heavy atom. The lowest BCUT2D eigenvalue weighted by atomic mass is 10.1. The summed E-state index contributed by atoms with van der Waals surface area (Å²) in [7, 11) is 0. The van der Waals surface area contributed by atoms with Crippen molar-refractivity contribution in [2.45, 2.75) is 62.7 Å². The molecule has 0 bridgehead atoms. The van der Waals surface area contributed by atoms with Crippen LogP contribution in [0.4, 0.5) is 0 Å². The molecule has 0 aromatic rings. The van der Waals surface area contributed by atoms with Crippen LogP contribution in [-0.4, -0.2) is 92.5 Å². The zero-order valence-corrected chi connectivity index (χ0v) is 17.6. The van der Waals surface area contributed by atoms with Gasteiger partial charge in [-0.2, -0.15) is 0 Å². The third-order valence-corrected chi connectivity index (χ3v) is 4.86. The summed E-state index contributed by atoms with van der Waals surface area (Å²) in [5.74, 6) is -8.10. The summed E-state index contributed by atoms with van der Waals surface area (Å²) in [5.41, 5.74) is 10.6. The van der Waals surface area contributed by atoms with Gasteiger partial charge in [-0.25, -0.2) is 4.79 Å². The van der Waals surface area contributed by atoms with E-state index < -0.39 is 78.5 Å². The van der Waals surface area contributed by atoms with Gasteiger partial charge in [-0.3, -0.25) is 28.8 Å². The number of hydrogen-bond donors (Lipinski definition) is 7. The second kappa shape index (κ2) is 12.3. The first-order chi connectivity index (χ1) is 15.3. The average Bonchev–Trinajstić information content (AvgIpc) is 3.19. The molecule has 0 aromatic carbocycles. The fourth-order valence-corrected chi connectivity index (χ4v) is 3.23. The van der Waals surface area contributed by atoms with Crippen LogP contribution in [0.25, 0.3) is 0 Å². The molecule has 1 aliphatic rings. The van der Waals surface area contributed by atoms with Gasteiger partial charge in [-0.15, -0.1) is 0 Å². The van der Waals surface area contributed by atoms with Crippen LogP contribution >= 0.6 is 0 Å². The molecule has 1 heterocycles. The largest absolute Gasteiger partial charge is 0.481 e. The number of nitrogens with one attached hydrogen (secondary N) is 2. The first-order valence-corrected chi connectivity index (χ1v) is 9.95. The Kier molecular flexibility index (Phi) is 10.2. The highest BCUT2D eigenvalue weighted by atomic mass is 16.4. The maximum Gasteiger partial charge on any atom is 0.326 e. The number of likely N-dealkylation sites (tertiary alicyclic amines) is 1. The van der Waals surface area contributed by atoms with E-state index in [0.29, 0.717) is 6.42 Å². The summed E-state index contributed by atoms with van der Waals surface area (Å²) in [5, 5.41) is 31.6. The molecule has 15 heteroatoms. The van der Waals surface area contributed by atoms with Crippen LogP contribution < -0.4 is 22.1 Å². The van der Waals surface area contributed by atoms with E-state index in [1.54, 1.807) is 0 Å². The maximum absolute atomic E-state index is 12.8. The van der Waals surface area contributed by atoms with Crippen LogP contribution in [0.5, 0.6) is 0 Å². The topological polar surface area (TPSA) is 260 Å². The van der Waals surface area contributed by atoms with Gasteiger partial charge in [-0.05, 0) is 19.3 Å². The Labute approximate surface area is 187 Å². The first-order valence-electron chi connectivity index (χ1n) is 9.95. The van der Waals surface area contributed by atoms with Crippen molar-refractivity contribution in [3.63, 3.8) is 0 Å². The van der Waals surface area contributed by atoms with E-state index in [-0.39, 0.29) is 25.8 Å². The normalized spacial score (nSPS) is 18.0. The van der Waals surface area contributed by atoms with Gasteiger partial charge in [0.2, 0.25) is 23.6 Å². The van der Waals surface area contributed by atoms with E-state index in [9.17, 15) is 38.7 Å². The molecule has 0 aliphatic carbocycles. The van der Waals surface area contributed by atoms with Crippen molar-refractivity contribution >= 4 is 41.5 Å². The fourth-order valence-electron chi connectivity index (χ4n) is 3.23. The molecule has 1 rings (SSSR count). The van der Waals surface area contributed by atoms with E-state index in [1.165, 1.54) is 0 Å². The SMILES string of the molecule is NC(=O)CCC(N)C(=O)NC(CC(=O)O)C(=O)NC(CC(=O)O)C(=O)N1CCCC1C(=O)O. The van der Waals surface area contributed by atoms with E-state index in [0.717, 1.165) is 4.90 Å². The number of carbonyl (C=O) groups is 7. The van der Waals surface area contributed by atoms with E-state index in [4.69, 9.17) is 21.7 Å². The number of aliphatic carboxylic acids is 3. The number of carboxylic acid groups (broad SMARTS) is 3. The number of amides is 4. The molecule has 1 fully saturated rings. The fraction of sp³-hybridized carbons (Fsp3) is 0.611. The smallest absolute Gasteiger partial charge is 0.326 e. The summed E-state index contributed by atoms with van der Waals surface area (Å²) < 4.78 is 0. The molecular formula is C18H27N5O10. The minimum absolute atomic E-state index is 0.0335. The van der Waals surface area contributed by atoms with Crippen LogP contribution in [0, 0.1) is 0 Å². The lowest BCUT2D eigenvalue weighted by Crippen LogP contribution is -2.58. The highest BCUT2D eigenvalue weighted by molar-refractivity contribution is 5.97. The average molecular weight is 473 g/mol. The van der Waals surface area contributed by atoms with Gasteiger partial charge < -0.3 is 42.3 Å². The molecule has 4 atom stereocenters. The number of nitrogens with two attached hydrogens (primary N) is 2. The van der Waals surface area contributed by atoms with Crippen molar-refractivity contribution in [3.05, 3.63) is 0 Å². The van der Waals surface area contributed by atoms with Crippen molar-refractivity contribution in [2.75, 3.05) is 6.54 Å². The molecule has 4 unspecified atom stereocenters. The summed E-state index contributed by atoms with van der Waals surface area (Å²) in [6.45, 7) is 0.0335. The van der Waals surface area contributed by atoms with Crippen molar-refractivity contribution in [3.8, 4) is 0 Å². The zero-order valence-electron chi connectivity index (χ0n) is 17.6. The Morgan fingerprint density at radius 3 is 1.97 bits per heavy atom. The highest BCUT2D eigenvalue weighted by Gasteiger charge is 2.39. The Hall–Kier alpha value is -3.75. The van der Waals surface area contributed by atoms with Gasteiger partial charge in [0.1, 0.15) is 18.1 Å². The summed E-state index contributed by atoms with van der Waals surface area (Å²) >= 11 is 0. The lowest BCUT2D eigenvalue weighted by molar-refractivity contribution is -0.151. The Balaban J connectivity index is 2.99. The minimum atomic E-state index is -1.73. The Bertz CT molecular complexity index is 816. The molecule has 0 radical (unpaired) electrons. The van der Waals surface area contributed by atoms with E-state index >= 15 is 0 Å². The third-order valence-electron chi connectivity index (χ3n) is 4.86.